The Kier molecular flexibility index (Phi) is 2.94. The van der Waals surface area contributed by atoms with Crippen molar-refractivity contribution < 1.29 is 4.52 Å². The fraction of sp³-hybridized carbons (Fsp3) is 0.308. The SMILES string of the molecule is CCc1cc2c(=O)n(Cc3cc(C)on3)cnc2s1. The van der Waals surface area contributed by atoms with Crippen LogP contribution in [0.1, 0.15) is 23.3 Å². The van der Waals surface area contributed by atoms with E-state index in [0.717, 1.165) is 22.7 Å². The Bertz CT molecular complexity index is 785. The molecule has 19 heavy (non-hydrogen) atoms. The molecular formula is C13H13N3O2S. The van der Waals surface area contributed by atoms with Gasteiger partial charge in [-0.1, -0.05) is 12.1 Å². The number of fused-ring (bicyclic) bond motifs is 1. The number of rotatable bonds is 3. The van der Waals surface area contributed by atoms with Gasteiger partial charge in [0.05, 0.1) is 18.3 Å². The summed E-state index contributed by atoms with van der Waals surface area (Å²) in [6, 6.07) is 3.75. The average molecular weight is 275 g/mol. The third-order valence-corrected chi connectivity index (χ3v) is 4.11. The second-order valence-electron chi connectivity index (χ2n) is 4.39. The van der Waals surface area contributed by atoms with Gasteiger partial charge in [-0.15, -0.1) is 11.3 Å². The van der Waals surface area contributed by atoms with E-state index >= 15 is 0 Å². The average Bonchev–Trinajstić information content (AvgIpc) is 2.99. The van der Waals surface area contributed by atoms with E-state index in [-0.39, 0.29) is 5.56 Å². The first kappa shape index (κ1) is 12.1. The summed E-state index contributed by atoms with van der Waals surface area (Å²) in [7, 11) is 0. The number of hydrogen-bond acceptors (Lipinski definition) is 5. The minimum atomic E-state index is -0.0263. The zero-order chi connectivity index (χ0) is 13.4. The predicted molar refractivity (Wildman–Crippen MR) is 73.6 cm³/mol. The van der Waals surface area contributed by atoms with Gasteiger partial charge >= 0.3 is 0 Å². The molecule has 0 unspecified atom stereocenters. The first-order valence-electron chi connectivity index (χ1n) is 6.07. The minimum absolute atomic E-state index is 0.0263. The first-order chi connectivity index (χ1) is 9.17. The summed E-state index contributed by atoms with van der Waals surface area (Å²) in [6.45, 7) is 4.28. The molecule has 5 nitrogen and oxygen atoms in total. The van der Waals surface area contributed by atoms with Gasteiger partial charge in [-0.25, -0.2) is 4.98 Å². The van der Waals surface area contributed by atoms with Crippen molar-refractivity contribution in [2.45, 2.75) is 26.8 Å². The summed E-state index contributed by atoms with van der Waals surface area (Å²) < 4.78 is 6.56. The summed E-state index contributed by atoms with van der Waals surface area (Å²) >= 11 is 1.57. The molecule has 98 valence electrons. The highest BCUT2D eigenvalue weighted by Crippen LogP contribution is 2.21. The van der Waals surface area contributed by atoms with Gasteiger partial charge in [-0.3, -0.25) is 9.36 Å². The molecule has 0 aliphatic rings. The summed E-state index contributed by atoms with van der Waals surface area (Å²) in [6.07, 6.45) is 2.49. The van der Waals surface area contributed by atoms with Gasteiger partial charge in [0.25, 0.3) is 5.56 Å². The minimum Gasteiger partial charge on any atom is -0.361 e. The number of aryl methyl sites for hydroxylation is 2. The molecule has 0 radical (unpaired) electrons. The summed E-state index contributed by atoms with van der Waals surface area (Å²) in [5.41, 5.74) is 0.702. The Morgan fingerprint density at radius 1 is 1.42 bits per heavy atom. The van der Waals surface area contributed by atoms with E-state index < -0.39 is 0 Å². The monoisotopic (exact) mass is 275 g/mol. The molecule has 0 bridgehead atoms. The molecule has 0 aliphatic carbocycles. The van der Waals surface area contributed by atoms with E-state index in [0.29, 0.717) is 11.9 Å². The van der Waals surface area contributed by atoms with Crippen molar-refractivity contribution in [1.82, 2.24) is 14.7 Å². The fourth-order valence-electron chi connectivity index (χ4n) is 1.96. The van der Waals surface area contributed by atoms with Gasteiger partial charge in [-0.2, -0.15) is 0 Å². The van der Waals surface area contributed by atoms with Crippen molar-refractivity contribution in [3.05, 3.63) is 45.1 Å². The molecule has 0 saturated heterocycles. The molecule has 0 spiro atoms. The van der Waals surface area contributed by atoms with Gasteiger partial charge in [0.15, 0.2) is 0 Å². The molecule has 0 saturated carbocycles. The largest absolute Gasteiger partial charge is 0.361 e. The maximum atomic E-state index is 12.3. The van der Waals surface area contributed by atoms with Gasteiger partial charge in [-0.05, 0) is 19.4 Å². The van der Waals surface area contributed by atoms with Crippen LogP contribution in [0.2, 0.25) is 0 Å². The van der Waals surface area contributed by atoms with Crippen molar-refractivity contribution in [1.29, 1.82) is 0 Å². The normalized spacial score (nSPS) is 11.3. The molecular weight excluding hydrogens is 262 g/mol. The molecule has 0 fully saturated rings. The second kappa shape index (κ2) is 4.62. The third kappa shape index (κ3) is 2.19. The van der Waals surface area contributed by atoms with Crippen LogP contribution in [0.4, 0.5) is 0 Å². The molecule has 3 aromatic heterocycles. The maximum Gasteiger partial charge on any atom is 0.262 e. The predicted octanol–water partition coefficient (Wildman–Crippen LogP) is 2.37. The molecule has 0 aromatic carbocycles. The molecule has 0 amide bonds. The Morgan fingerprint density at radius 3 is 2.95 bits per heavy atom. The lowest BCUT2D eigenvalue weighted by atomic mass is 10.3. The van der Waals surface area contributed by atoms with Gasteiger partial charge in [0.1, 0.15) is 16.3 Å². The Morgan fingerprint density at radius 2 is 2.26 bits per heavy atom. The summed E-state index contributed by atoms with van der Waals surface area (Å²) in [5.74, 6) is 0.737. The highest BCUT2D eigenvalue weighted by molar-refractivity contribution is 7.18. The van der Waals surface area contributed by atoms with Crippen molar-refractivity contribution in [3.8, 4) is 0 Å². The quantitative estimate of drug-likeness (QED) is 0.736. The first-order valence-corrected chi connectivity index (χ1v) is 6.89. The molecule has 3 aromatic rings. The van der Waals surface area contributed by atoms with Crippen LogP contribution in [0.15, 0.2) is 27.8 Å². The second-order valence-corrected chi connectivity index (χ2v) is 5.51. The molecule has 0 aliphatic heterocycles. The third-order valence-electron chi connectivity index (χ3n) is 2.93. The molecule has 3 heterocycles. The number of thiophene rings is 1. The molecule has 6 heteroatoms. The van der Waals surface area contributed by atoms with E-state index in [2.05, 4.69) is 17.1 Å². The topological polar surface area (TPSA) is 60.9 Å². The molecule has 3 rings (SSSR count). The molecule has 0 atom stereocenters. The van der Waals surface area contributed by atoms with E-state index in [9.17, 15) is 4.79 Å². The lowest BCUT2D eigenvalue weighted by Gasteiger charge is -2.01. The van der Waals surface area contributed by atoms with Gasteiger partial charge < -0.3 is 4.52 Å². The van der Waals surface area contributed by atoms with E-state index in [1.165, 1.54) is 4.88 Å². The van der Waals surface area contributed by atoms with Crippen LogP contribution in [0, 0.1) is 6.92 Å². The summed E-state index contributed by atoms with van der Waals surface area (Å²) in [4.78, 5) is 18.7. The summed E-state index contributed by atoms with van der Waals surface area (Å²) in [5, 5.41) is 4.58. The standard InChI is InChI=1S/C13H13N3O2S/c1-3-10-5-11-12(19-10)14-7-16(13(11)17)6-9-4-8(2)18-15-9/h4-5,7H,3,6H2,1-2H3. The van der Waals surface area contributed by atoms with Crippen molar-refractivity contribution in [2.75, 3.05) is 0 Å². The van der Waals surface area contributed by atoms with E-state index in [4.69, 9.17) is 4.52 Å². The lowest BCUT2D eigenvalue weighted by molar-refractivity contribution is 0.388. The van der Waals surface area contributed by atoms with Crippen molar-refractivity contribution in [3.63, 3.8) is 0 Å². The number of hydrogen-bond donors (Lipinski definition) is 0. The van der Waals surface area contributed by atoms with Crippen LogP contribution in [-0.2, 0) is 13.0 Å². The lowest BCUT2D eigenvalue weighted by Crippen LogP contribution is -2.20. The number of nitrogens with zero attached hydrogens (tertiary/aromatic N) is 3. The van der Waals surface area contributed by atoms with Gasteiger partial charge in [0.2, 0.25) is 0 Å². The van der Waals surface area contributed by atoms with E-state index in [1.807, 2.05) is 19.1 Å². The Hall–Kier alpha value is -1.95. The zero-order valence-electron chi connectivity index (χ0n) is 10.7. The zero-order valence-corrected chi connectivity index (χ0v) is 11.5. The molecule has 0 N–H and O–H groups in total. The smallest absolute Gasteiger partial charge is 0.262 e. The Labute approximate surface area is 113 Å². The van der Waals surface area contributed by atoms with E-state index in [1.54, 1.807) is 22.2 Å². The van der Waals surface area contributed by atoms with Gasteiger partial charge in [0, 0.05) is 10.9 Å². The highest BCUT2D eigenvalue weighted by Gasteiger charge is 2.09. The van der Waals surface area contributed by atoms with Crippen LogP contribution in [0.3, 0.4) is 0 Å². The number of aromatic nitrogens is 3. The fourth-order valence-corrected chi connectivity index (χ4v) is 2.89. The maximum absolute atomic E-state index is 12.3. The highest BCUT2D eigenvalue weighted by atomic mass is 32.1. The van der Waals surface area contributed by atoms with Crippen LogP contribution >= 0.6 is 11.3 Å². The van der Waals surface area contributed by atoms with Crippen LogP contribution in [0.25, 0.3) is 10.2 Å². The van der Waals surface area contributed by atoms with Crippen LogP contribution < -0.4 is 5.56 Å². The van der Waals surface area contributed by atoms with Crippen LogP contribution in [0.5, 0.6) is 0 Å². The Balaban J connectivity index is 2.04. The van der Waals surface area contributed by atoms with Crippen molar-refractivity contribution in [2.24, 2.45) is 0 Å². The van der Waals surface area contributed by atoms with Crippen molar-refractivity contribution >= 4 is 21.6 Å². The van der Waals surface area contributed by atoms with Crippen LogP contribution in [-0.4, -0.2) is 14.7 Å².